The van der Waals surface area contributed by atoms with E-state index in [1.807, 2.05) is 29.7 Å². The van der Waals surface area contributed by atoms with E-state index in [0.717, 1.165) is 15.7 Å². The molecule has 0 N–H and O–H groups in total. The molecule has 21 heavy (non-hydrogen) atoms. The first-order chi connectivity index (χ1) is 10.2. The Morgan fingerprint density at radius 2 is 2.14 bits per heavy atom. The molecule has 2 aromatic heterocycles. The molecule has 3 rings (SSSR count). The van der Waals surface area contributed by atoms with Crippen LogP contribution in [0.1, 0.15) is 11.4 Å². The van der Waals surface area contributed by atoms with E-state index in [0.29, 0.717) is 22.9 Å². The lowest BCUT2D eigenvalue weighted by Crippen LogP contribution is -2.01. The quantitative estimate of drug-likeness (QED) is 0.663. The second-order valence-corrected chi connectivity index (χ2v) is 5.63. The molecule has 0 fully saturated rings. The average Bonchev–Trinajstić information content (AvgIpc) is 2.85. The molecule has 0 saturated heterocycles. The van der Waals surface area contributed by atoms with E-state index in [1.165, 1.54) is 6.33 Å². The first-order valence-corrected chi connectivity index (χ1v) is 7.57. The van der Waals surface area contributed by atoms with Crippen LogP contribution in [0, 0.1) is 6.92 Å². The van der Waals surface area contributed by atoms with Crippen LogP contribution < -0.4 is 4.74 Å². The topological polar surface area (TPSA) is 52.8 Å². The number of ether oxygens (including phenoxy) is 1. The van der Waals surface area contributed by atoms with Gasteiger partial charge in [0.15, 0.2) is 11.2 Å². The van der Waals surface area contributed by atoms with Crippen LogP contribution in [0.15, 0.2) is 29.0 Å². The molecule has 0 aliphatic carbocycles. The zero-order valence-corrected chi connectivity index (χ0v) is 13.8. The number of nitrogens with zero attached hydrogens (tertiary/aromatic N) is 4. The number of imidazole rings is 1. The molecule has 0 spiro atoms. The van der Waals surface area contributed by atoms with Gasteiger partial charge in [0.25, 0.3) is 0 Å². The Labute approximate surface area is 135 Å². The predicted octanol–water partition coefficient (Wildman–Crippen LogP) is 3.63. The van der Waals surface area contributed by atoms with E-state index >= 15 is 0 Å². The van der Waals surface area contributed by atoms with E-state index in [4.69, 9.17) is 16.3 Å². The Hall–Kier alpha value is -1.66. The maximum atomic E-state index is 6.04. The number of rotatable bonds is 3. The Morgan fingerprint density at radius 1 is 1.33 bits per heavy atom. The monoisotopic (exact) mass is 366 g/mol. The molecule has 0 unspecified atom stereocenters. The van der Waals surface area contributed by atoms with Crippen molar-refractivity contribution in [2.24, 2.45) is 0 Å². The summed E-state index contributed by atoms with van der Waals surface area (Å²) >= 11 is 9.63. The molecule has 0 amide bonds. The van der Waals surface area contributed by atoms with Gasteiger partial charge in [-0.25, -0.2) is 9.97 Å². The Morgan fingerprint density at radius 3 is 2.81 bits per heavy atom. The highest BCUT2D eigenvalue weighted by molar-refractivity contribution is 9.10. The third kappa shape index (κ3) is 2.38. The normalized spacial score (nSPS) is 11.0. The fourth-order valence-corrected chi connectivity index (χ4v) is 3.05. The Bertz CT molecular complexity index is 818. The number of aryl methyl sites for hydroxylation is 1. The van der Waals surface area contributed by atoms with Crippen LogP contribution in [-0.2, 0) is 5.88 Å². The van der Waals surface area contributed by atoms with Crippen LogP contribution in [0.5, 0.6) is 5.88 Å². The highest BCUT2D eigenvalue weighted by Crippen LogP contribution is 2.30. The van der Waals surface area contributed by atoms with Crippen molar-refractivity contribution in [1.82, 2.24) is 19.5 Å². The standard InChI is InChI=1S/C14H12BrClN4O/c1-8-3-4-10(9(15)5-8)20-11(6-16)19-12-13(20)17-7-18-14(12)21-2/h3-5,7H,6H2,1-2H3. The first kappa shape index (κ1) is 14.3. The molecule has 0 aliphatic rings. The van der Waals surface area contributed by atoms with Crippen LogP contribution in [0.25, 0.3) is 16.9 Å². The van der Waals surface area contributed by atoms with Crippen LogP contribution in [-0.4, -0.2) is 26.6 Å². The SMILES string of the molecule is COc1ncnc2c1nc(CCl)n2-c1ccc(C)cc1Br. The zero-order chi connectivity index (χ0) is 15.0. The number of benzene rings is 1. The molecule has 0 bridgehead atoms. The minimum atomic E-state index is 0.264. The smallest absolute Gasteiger partial charge is 0.245 e. The molecule has 0 radical (unpaired) electrons. The van der Waals surface area contributed by atoms with Crippen molar-refractivity contribution in [3.8, 4) is 11.6 Å². The molecular formula is C14H12BrClN4O. The highest BCUT2D eigenvalue weighted by Gasteiger charge is 2.18. The number of halogens is 2. The van der Waals surface area contributed by atoms with Crippen LogP contribution in [0.2, 0.25) is 0 Å². The van der Waals surface area contributed by atoms with Gasteiger partial charge in [0.05, 0.1) is 18.7 Å². The van der Waals surface area contributed by atoms with E-state index in [9.17, 15) is 0 Å². The third-order valence-electron chi connectivity index (χ3n) is 3.14. The van der Waals surface area contributed by atoms with Crippen molar-refractivity contribution < 1.29 is 4.74 Å². The van der Waals surface area contributed by atoms with E-state index < -0.39 is 0 Å². The summed E-state index contributed by atoms with van der Waals surface area (Å²) in [6.45, 7) is 2.04. The molecule has 0 aliphatic heterocycles. The maximum absolute atomic E-state index is 6.04. The van der Waals surface area contributed by atoms with Gasteiger partial charge in [-0.2, -0.15) is 4.98 Å². The lowest BCUT2D eigenvalue weighted by Gasteiger charge is -2.10. The minimum absolute atomic E-state index is 0.264. The molecule has 108 valence electrons. The summed E-state index contributed by atoms with van der Waals surface area (Å²) in [5.41, 5.74) is 3.36. The third-order valence-corrected chi connectivity index (χ3v) is 4.01. The van der Waals surface area contributed by atoms with Gasteiger partial charge < -0.3 is 4.74 Å². The van der Waals surface area contributed by atoms with Crippen LogP contribution in [0.3, 0.4) is 0 Å². The van der Waals surface area contributed by atoms with Crippen molar-refractivity contribution in [2.45, 2.75) is 12.8 Å². The van der Waals surface area contributed by atoms with Gasteiger partial charge in [0, 0.05) is 4.47 Å². The summed E-state index contributed by atoms with van der Waals surface area (Å²) in [5.74, 6) is 1.39. The minimum Gasteiger partial charge on any atom is -0.479 e. The molecular weight excluding hydrogens is 356 g/mol. The van der Waals surface area contributed by atoms with Crippen molar-refractivity contribution in [3.05, 3.63) is 40.4 Å². The second-order valence-electron chi connectivity index (χ2n) is 4.51. The van der Waals surface area contributed by atoms with Crippen molar-refractivity contribution in [2.75, 3.05) is 7.11 Å². The van der Waals surface area contributed by atoms with Gasteiger partial charge in [-0.1, -0.05) is 6.07 Å². The summed E-state index contributed by atoms with van der Waals surface area (Å²) in [6, 6.07) is 6.07. The van der Waals surface area contributed by atoms with Gasteiger partial charge in [-0.15, -0.1) is 11.6 Å². The second kappa shape index (κ2) is 5.61. The van der Waals surface area contributed by atoms with Gasteiger partial charge in [0.1, 0.15) is 12.2 Å². The van der Waals surface area contributed by atoms with Crippen molar-refractivity contribution in [1.29, 1.82) is 0 Å². The van der Waals surface area contributed by atoms with Crippen LogP contribution >= 0.6 is 27.5 Å². The first-order valence-electron chi connectivity index (χ1n) is 6.24. The zero-order valence-electron chi connectivity index (χ0n) is 11.5. The Kier molecular flexibility index (Phi) is 3.82. The fourth-order valence-electron chi connectivity index (χ4n) is 2.20. The van der Waals surface area contributed by atoms with Crippen LogP contribution in [0.4, 0.5) is 0 Å². The summed E-state index contributed by atoms with van der Waals surface area (Å²) < 4.78 is 8.11. The maximum Gasteiger partial charge on any atom is 0.245 e. The van der Waals surface area contributed by atoms with E-state index in [1.54, 1.807) is 7.11 Å². The number of fused-ring (bicyclic) bond motifs is 1. The molecule has 0 saturated carbocycles. The number of hydrogen-bond donors (Lipinski definition) is 0. The summed E-state index contributed by atoms with van der Waals surface area (Å²) in [4.78, 5) is 12.9. The van der Waals surface area contributed by atoms with Gasteiger partial charge in [-0.05, 0) is 40.5 Å². The highest BCUT2D eigenvalue weighted by atomic mass is 79.9. The summed E-state index contributed by atoms with van der Waals surface area (Å²) in [5, 5.41) is 0. The van der Waals surface area contributed by atoms with Gasteiger partial charge >= 0.3 is 0 Å². The lowest BCUT2D eigenvalue weighted by molar-refractivity contribution is 0.401. The number of alkyl halides is 1. The van der Waals surface area contributed by atoms with E-state index in [-0.39, 0.29) is 5.88 Å². The number of aromatic nitrogens is 4. The van der Waals surface area contributed by atoms with Crippen molar-refractivity contribution >= 4 is 38.7 Å². The molecule has 5 nitrogen and oxygen atoms in total. The molecule has 0 atom stereocenters. The molecule has 3 aromatic rings. The fraction of sp³-hybridized carbons (Fsp3) is 0.214. The lowest BCUT2D eigenvalue weighted by atomic mass is 10.2. The van der Waals surface area contributed by atoms with Gasteiger partial charge in [0.2, 0.25) is 5.88 Å². The summed E-state index contributed by atoms with van der Waals surface area (Å²) in [7, 11) is 1.56. The number of hydrogen-bond acceptors (Lipinski definition) is 4. The van der Waals surface area contributed by atoms with Crippen molar-refractivity contribution in [3.63, 3.8) is 0 Å². The predicted molar refractivity (Wildman–Crippen MR) is 85.2 cm³/mol. The largest absolute Gasteiger partial charge is 0.479 e. The number of methoxy groups -OCH3 is 1. The molecule has 7 heteroatoms. The average molecular weight is 368 g/mol. The van der Waals surface area contributed by atoms with E-state index in [2.05, 4.69) is 30.9 Å². The molecule has 1 aromatic carbocycles. The Balaban J connectivity index is 2.35. The summed E-state index contributed by atoms with van der Waals surface area (Å²) in [6.07, 6.45) is 1.46. The molecule has 2 heterocycles. The van der Waals surface area contributed by atoms with Gasteiger partial charge in [-0.3, -0.25) is 4.57 Å².